The standard InChI is InChI=1S/C16H28N2O4/c1-14(2,3)8-15(4,5)22-13(21)18-9-16(6,12(19)20)11-10(18)7-17-11/h10-11,17H,7-9H2,1-6H3,(H,19,20). The number of nitrogens with zero attached hydrogens (tertiary/aromatic N) is 1. The first-order valence-corrected chi connectivity index (χ1v) is 7.82. The van der Waals surface area contributed by atoms with Gasteiger partial charge in [-0.1, -0.05) is 20.8 Å². The number of amides is 1. The van der Waals surface area contributed by atoms with Crippen LogP contribution < -0.4 is 5.32 Å². The second-order valence-electron chi connectivity index (χ2n) is 8.67. The summed E-state index contributed by atoms with van der Waals surface area (Å²) in [5, 5.41) is 12.6. The molecule has 0 radical (unpaired) electrons. The number of rotatable bonds is 3. The molecule has 3 unspecified atom stereocenters. The summed E-state index contributed by atoms with van der Waals surface area (Å²) in [4.78, 5) is 25.6. The molecule has 2 fully saturated rings. The molecule has 2 rings (SSSR count). The molecule has 2 N–H and O–H groups in total. The average molecular weight is 312 g/mol. The van der Waals surface area contributed by atoms with Gasteiger partial charge in [0.1, 0.15) is 5.60 Å². The lowest BCUT2D eigenvalue weighted by molar-refractivity contribution is -0.148. The van der Waals surface area contributed by atoms with Crippen molar-refractivity contribution in [3.8, 4) is 0 Å². The third kappa shape index (κ3) is 3.07. The van der Waals surface area contributed by atoms with E-state index < -0.39 is 23.1 Å². The van der Waals surface area contributed by atoms with E-state index in [1.807, 2.05) is 13.8 Å². The fraction of sp³-hybridized carbons (Fsp3) is 0.875. The van der Waals surface area contributed by atoms with Gasteiger partial charge in [0.05, 0.1) is 11.5 Å². The molecule has 3 atom stereocenters. The van der Waals surface area contributed by atoms with Crippen LogP contribution in [0.1, 0.15) is 48.0 Å². The number of aliphatic carboxylic acids is 1. The van der Waals surface area contributed by atoms with Crippen LogP contribution in [0.5, 0.6) is 0 Å². The van der Waals surface area contributed by atoms with E-state index in [4.69, 9.17) is 4.74 Å². The van der Waals surface area contributed by atoms with Crippen LogP contribution in [0.25, 0.3) is 0 Å². The Bertz CT molecular complexity index is 483. The molecule has 2 heterocycles. The van der Waals surface area contributed by atoms with Gasteiger partial charge in [-0.25, -0.2) is 4.79 Å². The second kappa shape index (κ2) is 5.11. The van der Waals surface area contributed by atoms with Gasteiger partial charge in [0.15, 0.2) is 0 Å². The lowest BCUT2D eigenvalue weighted by Gasteiger charge is -2.40. The number of fused-ring (bicyclic) bond motifs is 1. The molecule has 2 aliphatic heterocycles. The molecular formula is C16H28N2O4. The first-order chi connectivity index (χ1) is 9.86. The number of carbonyl (C=O) groups is 2. The summed E-state index contributed by atoms with van der Waals surface area (Å²) >= 11 is 0. The van der Waals surface area contributed by atoms with Crippen molar-refractivity contribution in [2.45, 2.75) is 65.6 Å². The highest BCUT2D eigenvalue weighted by molar-refractivity contribution is 5.79. The van der Waals surface area contributed by atoms with Crippen LogP contribution in [-0.4, -0.2) is 52.8 Å². The van der Waals surface area contributed by atoms with E-state index in [1.165, 1.54) is 0 Å². The Labute approximate surface area is 132 Å². The van der Waals surface area contributed by atoms with Crippen molar-refractivity contribution in [1.29, 1.82) is 0 Å². The third-order valence-electron chi connectivity index (χ3n) is 4.56. The van der Waals surface area contributed by atoms with Crippen LogP contribution in [0.2, 0.25) is 0 Å². The normalized spacial score (nSPS) is 31.5. The van der Waals surface area contributed by atoms with Gasteiger partial charge in [-0.05, 0) is 32.6 Å². The Kier molecular flexibility index (Phi) is 3.97. The zero-order chi connectivity index (χ0) is 16.9. The summed E-state index contributed by atoms with van der Waals surface area (Å²) in [5.41, 5.74) is -1.48. The Hall–Kier alpha value is -1.30. The molecule has 2 aliphatic rings. The maximum Gasteiger partial charge on any atom is 0.410 e. The number of likely N-dealkylation sites (tertiary alicyclic amines) is 1. The van der Waals surface area contributed by atoms with Crippen molar-refractivity contribution in [3.05, 3.63) is 0 Å². The topological polar surface area (TPSA) is 78.9 Å². The van der Waals surface area contributed by atoms with Gasteiger partial charge < -0.3 is 20.1 Å². The monoisotopic (exact) mass is 312 g/mol. The summed E-state index contributed by atoms with van der Waals surface area (Å²) in [6.07, 6.45) is 0.331. The molecule has 0 spiro atoms. The zero-order valence-electron chi connectivity index (χ0n) is 14.4. The number of carbonyl (C=O) groups excluding carboxylic acids is 1. The number of carboxylic acid groups (broad SMARTS) is 1. The van der Waals surface area contributed by atoms with Gasteiger partial charge >= 0.3 is 12.1 Å². The molecule has 0 bridgehead atoms. The van der Waals surface area contributed by atoms with E-state index in [9.17, 15) is 14.7 Å². The van der Waals surface area contributed by atoms with E-state index in [1.54, 1.807) is 11.8 Å². The maximum absolute atomic E-state index is 12.5. The molecule has 6 nitrogen and oxygen atoms in total. The van der Waals surface area contributed by atoms with Crippen molar-refractivity contribution in [1.82, 2.24) is 10.2 Å². The molecule has 0 aromatic rings. The Morgan fingerprint density at radius 1 is 1.32 bits per heavy atom. The average Bonchev–Trinajstić information content (AvgIpc) is 2.41. The fourth-order valence-electron chi connectivity index (χ4n) is 3.86. The number of hydrogen-bond acceptors (Lipinski definition) is 4. The molecule has 126 valence electrons. The first kappa shape index (κ1) is 17.1. The molecule has 0 aromatic carbocycles. The van der Waals surface area contributed by atoms with Crippen LogP contribution in [0.3, 0.4) is 0 Å². The zero-order valence-corrected chi connectivity index (χ0v) is 14.4. The predicted octanol–water partition coefficient (Wildman–Crippen LogP) is 2.08. The van der Waals surface area contributed by atoms with E-state index in [-0.39, 0.29) is 24.0 Å². The fourth-order valence-corrected chi connectivity index (χ4v) is 3.86. The van der Waals surface area contributed by atoms with Gasteiger partial charge in [-0.2, -0.15) is 0 Å². The molecule has 0 aromatic heterocycles. The van der Waals surface area contributed by atoms with Crippen molar-refractivity contribution in [3.63, 3.8) is 0 Å². The largest absolute Gasteiger partial charge is 0.481 e. The smallest absolute Gasteiger partial charge is 0.410 e. The SMILES string of the molecule is CC(C)(C)CC(C)(C)OC(=O)N1CC(C)(C(=O)O)C2NCC21. The Morgan fingerprint density at radius 2 is 1.91 bits per heavy atom. The number of ether oxygens (including phenoxy) is 1. The highest BCUT2D eigenvalue weighted by Gasteiger charge is 2.60. The molecular weight excluding hydrogens is 284 g/mol. The highest BCUT2D eigenvalue weighted by Crippen LogP contribution is 2.40. The number of nitrogens with one attached hydrogen (secondary N) is 1. The molecule has 0 aliphatic carbocycles. The van der Waals surface area contributed by atoms with E-state index in [0.29, 0.717) is 6.54 Å². The van der Waals surface area contributed by atoms with Crippen LogP contribution in [0.4, 0.5) is 4.79 Å². The van der Waals surface area contributed by atoms with E-state index in [2.05, 4.69) is 26.1 Å². The number of carboxylic acids is 1. The predicted molar refractivity (Wildman–Crippen MR) is 82.7 cm³/mol. The van der Waals surface area contributed by atoms with Gasteiger partial charge in [-0.3, -0.25) is 4.79 Å². The molecule has 1 amide bonds. The van der Waals surface area contributed by atoms with Crippen LogP contribution >= 0.6 is 0 Å². The van der Waals surface area contributed by atoms with Gasteiger partial charge in [-0.15, -0.1) is 0 Å². The minimum Gasteiger partial charge on any atom is -0.481 e. The summed E-state index contributed by atoms with van der Waals surface area (Å²) < 4.78 is 5.69. The summed E-state index contributed by atoms with van der Waals surface area (Å²) in [7, 11) is 0. The summed E-state index contributed by atoms with van der Waals surface area (Å²) in [6.45, 7) is 12.6. The maximum atomic E-state index is 12.5. The molecule has 0 saturated carbocycles. The minimum atomic E-state index is -0.948. The Balaban J connectivity index is 2.07. The van der Waals surface area contributed by atoms with Crippen LogP contribution in [-0.2, 0) is 9.53 Å². The van der Waals surface area contributed by atoms with E-state index >= 15 is 0 Å². The first-order valence-electron chi connectivity index (χ1n) is 7.82. The van der Waals surface area contributed by atoms with Crippen molar-refractivity contribution < 1.29 is 19.4 Å². The molecule has 2 saturated heterocycles. The number of hydrogen-bond donors (Lipinski definition) is 2. The minimum absolute atomic E-state index is 0.0466. The van der Waals surface area contributed by atoms with Gasteiger partial charge in [0, 0.05) is 19.1 Å². The lowest BCUT2D eigenvalue weighted by atomic mass is 9.79. The van der Waals surface area contributed by atoms with Gasteiger partial charge in [0.2, 0.25) is 0 Å². The Morgan fingerprint density at radius 3 is 2.27 bits per heavy atom. The van der Waals surface area contributed by atoms with Crippen molar-refractivity contribution in [2.24, 2.45) is 10.8 Å². The summed E-state index contributed by atoms with van der Waals surface area (Å²) in [5.74, 6) is -0.876. The second-order valence-corrected chi connectivity index (χ2v) is 8.67. The van der Waals surface area contributed by atoms with Crippen molar-refractivity contribution in [2.75, 3.05) is 13.1 Å². The molecule has 22 heavy (non-hydrogen) atoms. The lowest BCUT2D eigenvalue weighted by Crippen LogP contribution is -2.64. The van der Waals surface area contributed by atoms with Crippen LogP contribution in [0.15, 0.2) is 0 Å². The summed E-state index contributed by atoms with van der Waals surface area (Å²) in [6, 6.07) is -0.276. The van der Waals surface area contributed by atoms with Gasteiger partial charge in [0.25, 0.3) is 0 Å². The van der Waals surface area contributed by atoms with Crippen LogP contribution in [0, 0.1) is 10.8 Å². The third-order valence-corrected chi connectivity index (χ3v) is 4.56. The van der Waals surface area contributed by atoms with Crippen molar-refractivity contribution >= 4 is 12.1 Å². The molecule has 6 heteroatoms. The van der Waals surface area contributed by atoms with E-state index in [0.717, 1.165) is 6.42 Å². The quantitative estimate of drug-likeness (QED) is 0.834. The highest BCUT2D eigenvalue weighted by atomic mass is 16.6.